The number of rotatable bonds is 10. The largest absolute Gasteiger partial charge is 0.312 e. The number of nitrogens with zero attached hydrogens (tertiary/aromatic N) is 2. The van der Waals surface area contributed by atoms with Crippen molar-refractivity contribution in [3.63, 3.8) is 0 Å². The third kappa shape index (κ3) is 8.83. The SMILES string of the molecule is CC(C)[C@H](CN1CC[C@H](C2CCC(Cl)CC2)C(C)(C)C1)NCC1CCCC(C2CCCC(CN(C)C)C2)C1. The minimum atomic E-state index is 0.421. The lowest BCUT2D eigenvalue weighted by atomic mass is 9.64. The quantitative estimate of drug-likeness (QED) is 0.279. The highest BCUT2D eigenvalue weighted by atomic mass is 35.5. The van der Waals surface area contributed by atoms with Gasteiger partial charge >= 0.3 is 0 Å². The summed E-state index contributed by atoms with van der Waals surface area (Å²) in [7, 11) is 4.51. The fraction of sp³-hybridized carbons (Fsp3) is 1.00. The lowest BCUT2D eigenvalue weighted by Crippen LogP contribution is -2.53. The van der Waals surface area contributed by atoms with Crippen LogP contribution in [0.2, 0.25) is 0 Å². The van der Waals surface area contributed by atoms with Crippen molar-refractivity contribution in [2.75, 3.05) is 46.8 Å². The molecule has 4 heteroatoms. The molecule has 3 aliphatic carbocycles. The second kappa shape index (κ2) is 14.4. The van der Waals surface area contributed by atoms with Crippen LogP contribution in [-0.4, -0.2) is 68.0 Å². The van der Waals surface area contributed by atoms with Crippen LogP contribution in [0.25, 0.3) is 0 Å². The Hall–Kier alpha value is 0.170. The van der Waals surface area contributed by atoms with E-state index in [9.17, 15) is 0 Å². The van der Waals surface area contributed by atoms with Gasteiger partial charge in [-0.2, -0.15) is 0 Å². The molecule has 0 spiro atoms. The molecule has 4 aliphatic rings. The van der Waals surface area contributed by atoms with Gasteiger partial charge in [0.25, 0.3) is 0 Å². The van der Waals surface area contributed by atoms with Gasteiger partial charge in [-0.15, -0.1) is 11.6 Å². The summed E-state index contributed by atoms with van der Waals surface area (Å²) in [5, 5.41) is 4.58. The standard InChI is InChI=1S/C34H64ClN3/c1-25(2)33(23-38-18-17-32(34(3,4)24-38)28-13-15-31(35)16-14-28)36-21-26-9-7-11-29(19-26)30-12-8-10-27(20-30)22-37(5)6/h25-33,36H,7-24H2,1-6H3/t26?,27?,28?,29?,30?,31?,32-,33+/m1/s1. The van der Waals surface area contributed by atoms with Crippen LogP contribution in [0.15, 0.2) is 0 Å². The summed E-state index contributed by atoms with van der Waals surface area (Å²) in [6.45, 7) is 16.3. The normalized spacial score (nSPS) is 38.0. The van der Waals surface area contributed by atoms with Gasteiger partial charge in [0.15, 0.2) is 0 Å². The van der Waals surface area contributed by atoms with Crippen molar-refractivity contribution >= 4 is 11.6 Å². The Balaban J connectivity index is 1.24. The van der Waals surface area contributed by atoms with E-state index in [0.717, 1.165) is 35.5 Å². The summed E-state index contributed by atoms with van der Waals surface area (Å²) in [4.78, 5) is 5.24. The molecule has 0 amide bonds. The fourth-order valence-corrected chi connectivity index (χ4v) is 9.74. The van der Waals surface area contributed by atoms with E-state index in [-0.39, 0.29) is 0 Å². The number of hydrogen-bond acceptors (Lipinski definition) is 3. The van der Waals surface area contributed by atoms with Crippen LogP contribution in [0.3, 0.4) is 0 Å². The van der Waals surface area contributed by atoms with E-state index >= 15 is 0 Å². The molecular formula is C34H64ClN3. The van der Waals surface area contributed by atoms with Crippen molar-refractivity contribution in [1.82, 2.24) is 15.1 Å². The van der Waals surface area contributed by atoms with Crippen molar-refractivity contribution in [3.05, 3.63) is 0 Å². The Morgan fingerprint density at radius 1 is 0.842 bits per heavy atom. The maximum Gasteiger partial charge on any atom is 0.0336 e. The predicted octanol–water partition coefficient (Wildman–Crippen LogP) is 7.92. The maximum atomic E-state index is 6.44. The van der Waals surface area contributed by atoms with E-state index in [0.29, 0.717) is 22.8 Å². The smallest absolute Gasteiger partial charge is 0.0336 e. The lowest BCUT2D eigenvalue weighted by Gasteiger charge is -2.49. The number of hydrogen-bond donors (Lipinski definition) is 1. The molecule has 222 valence electrons. The summed E-state index contributed by atoms with van der Waals surface area (Å²) >= 11 is 6.44. The topological polar surface area (TPSA) is 18.5 Å². The zero-order valence-corrected chi connectivity index (χ0v) is 27.0. The highest BCUT2D eigenvalue weighted by Crippen LogP contribution is 2.46. The molecule has 4 rings (SSSR count). The average molecular weight is 550 g/mol. The molecule has 0 bridgehead atoms. The second-order valence-electron chi connectivity index (χ2n) is 15.7. The highest BCUT2D eigenvalue weighted by Gasteiger charge is 2.41. The monoisotopic (exact) mass is 549 g/mol. The minimum Gasteiger partial charge on any atom is -0.312 e. The molecule has 1 saturated heterocycles. The number of alkyl halides is 1. The molecule has 6 atom stereocenters. The Bertz CT molecular complexity index is 685. The van der Waals surface area contributed by atoms with Crippen molar-refractivity contribution < 1.29 is 0 Å². The third-order valence-corrected chi connectivity index (χ3v) is 12.0. The van der Waals surface area contributed by atoms with Gasteiger partial charge in [0.1, 0.15) is 0 Å². The summed E-state index contributed by atoms with van der Waals surface area (Å²) < 4.78 is 0. The molecule has 1 aliphatic heterocycles. The second-order valence-corrected chi connectivity index (χ2v) is 16.4. The molecule has 1 N–H and O–H groups in total. The molecular weight excluding hydrogens is 486 g/mol. The summed E-state index contributed by atoms with van der Waals surface area (Å²) in [6.07, 6.45) is 18.4. The summed E-state index contributed by atoms with van der Waals surface area (Å²) in [5.74, 6) is 6.30. The van der Waals surface area contributed by atoms with Gasteiger partial charge in [-0.1, -0.05) is 53.4 Å². The van der Waals surface area contributed by atoms with Gasteiger partial charge in [-0.3, -0.25) is 0 Å². The molecule has 1 heterocycles. The summed E-state index contributed by atoms with van der Waals surface area (Å²) in [6, 6.07) is 0.619. The number of halogens is 1. The Kier molecular flexibility index (Phi) is 11.8. The van der Waals surface area contributed by atoms with Crippen LogP contribution in [-0.2, 0) is 0 Å². The minimum absolute atomic E-state index is 0.421. The van der Waals surface area contributed by atoms with E-state index in [4.69, 9.17) is 11.6 Å². The van der Waals surface area contributed by atoms with E-state index in [1.807, 2.05) is 0 Å². The van der Waals surface area contributed by atoms with E-state index in [1.165, 1.54) is 116 Å². The Morgan fingerprint density at radius 2 is 1.47 bits per heavy atom. The predicted molar refractivity (Wildman–Crippen MR) is 166 cm³/mol. The summed E-state index contributed by atoms with van der Waals surface area (Å²) in [5.41, 5.74) is 0.421. The molecule has 38 heavy (non-hydrogen) atoms. The first-order chi connectivity index (χ1) is 18.1. The van der Waals surface area contributed by atoms with Crippen molar-refractivity contribution in [3.8, 4) is 0 Å². The third-order valence-electron chi connectivity index (χ3n) is 11.5. The van der Waals surface area contributed by atoms with Crippen molar-refractivity contribution in [2.45, 2.75) is 123 Å². The number of piperidine rings is 1. The van der Waals surface area contributed by atoms with Gasteiger partial charge in [0.2, 0.25) is 0 Å². The van der Waals surface area contributed by atoms with Gasteiger partial charge in [-0.05, 0) is 132 Å². The first-order valence-corrected chi connectivity index (χ1v) is 17.3. The van der Waals surface area contributed by atoms with Crippen LogP contribution < -0.4 is 5.32 Å². The molecule has 0 aromatic rings. The van der Waals surface area contributed by atoms with Gasteiger partial charge in [-0.25, -0.2) is 0 Å². The van der Waals surface area contributed by atoms with E-state index < -0.39 is 0 Å². The van der Waals surface area contributed by atoms with Crippen molar-refractivity contribution in [2.24, 2.45) is 46.8 Å². The molecule has 0 aromatic heterocycles. The van der Waals surface area contributed by atoms with Crippen LogP contribution in [0.4, 0.5) is 0 Å². The molecule has 3 saturated carbocycles. The zero-order valence-electron chi connectivity index (χ0n) is 26.2. The first-order valence-electron chi connectivity index (χ1n) is 16.8. The van der Waals surface area contributed by atoms with Gasteiger partial charge in [0, 0.05) is 31.1 Å². The molecule has 4 fully saturated rings. The number of likely N-dealkylation sites (tertiary alicyclic amines) is 1. The lowest BCUT2D eigenvalue weighted by molar-refractivity contribution is 0.00444. The van der Waals surface area contributed by atoms with Gasteiger partial charge < -0.3 is 15.1 Å². The molecule has 0 aromatic carbocycles. The fourth-order valence-electron chi connectivity index (χ4n) is 9.49. The Labute approximate surface area is 242 Å². The van der Waals surface area contributed by atoms with E-state index in [1.54, 1.807) is 0 Å². The zero-order chi connectivity index (χ0) is 27.3. The van der Waals surface area contributed by atoms with E-state index in [2.05, 4.69) is 56.9 Å². The first kappa shape index (κ1) is 31.1. The van der Waals surface area contributed by atoms with Crippen LogP contribution in [0.1, 0.15) is 111 Å². The maximum absolute atomic E-state index is 6.44. The van der Waals surface area contributed by atoms with Gasteiger partial charge in [0.05, 0.1) is 0 Å². The molecule has 4 unspecified atom stereocenters. The number of nitrogens with one attached hydrogen (secondary N) is 1. The highest BCUT2D eigenvalue weighted by molar-refractivity contribution is 6.20. The molecule has 0 radical (unpaired) electrons. The molecule has 3 nitrogen and oxygen atoms in total. The van der Waals surface area contributed by atoms with Crippen LogP contribution >= 0.6 is 11.6 Å². The Morgan fingerprint density at radius 3 is 2.08 bits per heavy atom. The van der Waals surface area contributed by atoms with Crippen LogP contribution in [0, 0.1) is 46.8 Å². The van der Waals surface area contributed by atoms with Crippen molar-refractivity contribution in [1.29, 1.82) is 0 Å². The van der Waals surface area contributed by atoms with Crippen LogP contribution in [0.5, 0.6) is 0 Å². The average Bonchev–Trinajstić information content (AvgIpc) is 2.86.